The van der Waals surface area contributed by atoms with Gasteiger partial charge in [0.2, 0.25) is 0 Å². The number of aryl methyl sites for hydroxylation is 2. The van der Waals surface area contributed by atoms with Crippen molar-refractivity contribution in [1.29, 1.82) is 0 Å². The average molecular weight is 268 g/mol. The monoisotopic (exact) mass is 268 g/mol. The summed E-state index contributed by atoms with van der Waals surface area (Å²) >= 11 is 0. The highest BCUT2D eigenvalue weighted by Crippen LogP contribution is 2.28. The molecule has 0 radical (unpaired) electrons. The van der Waals surface area contributed by atoms with Crippen LogP contribution >= 0.6 is 0 Å². The van der Waals surface area contributed by atoms with E-state index in [0.29, 0.717) is 0 Å². The number of para-hydroxylation sites is 1. The quantitative estimate of drug-likeness (QED) is 0.617. The van der Waals surface area contributed by atoms with E-state index < -0.39 is 8.07 Å². The summed E-state index contributed by atoms with van der Waals surface area (Å²) in [5.41, 5.74) is 3.75. The van der Waals surface area contributed by atoms with Gasteiger partial charge < -0.3 is 4.57 Å². The average Bonchev–Trinajstić information content (AvgIpc) is 2.62. The van der Waals surface area contributed by atoms with Crippen LogP contribution in [0.4, 0.5) is 0 Å². The third-order valence-electron chi connectivity index (χ3n) is 3.89. The van der Waals surface area contributed by atoms with E-state index in [9.17, 15) is 0 Å². The second kappa shape index (κ2) is 3.94. The first kappa shape index (κ1) is 12.4. The van der Waals surface area contributed by atoms with E-state index in [1.807, 2.05) is 6.20 Å². The molecular weight excluding hydrogens is 248 g/mol. The molecule has 0 amide bonds. The molecule has 2 aromatic heterocycles. The van der Waals surface area contributed by atoms with Gasteiger partial charge in [-0.2, -0.15) is 0 Å². The Morgan fingerprint density at radius 2 is 1.74 bits per heavy atom. The van der Waals surface area contributed by atoms with Gasteiger partial charge in [0.05, 0.1) is 19.8 Å². The molecule has 0 N–H and O–H groups in total. The van der Waals surface area contributed by atoms with Crippen LogP contribution in [0.1, 0.15) is 5.69 Å². The summed E-state index contributed by atoms with van der Waals surface area (Å²) in [7, 11) is 0.713. The van der Waals surface area contributed by atoms with Crippen LogP contribution in [0.3, 0.4) is 0 Å². The van der Waals surface area contributed by atoms with Gasteiger partial charge in [-0.1, -0.05) is 37.8 Å². The van der Waals surface area contributed by atoms with Crippen LogP contribution in [-0.4, -0.2) is 17.6 Å². The van der Waals surface area contributed by atoms with Crippen LogP contribution in [0, 0.1) is 6.92 Å². The Hall–Kier alpha value is -1.61. The molecule has 19 heavy (non-hydrogen) atoms. The van der Waals surface area contributed by atoms with Crippen LogP contribution < -0.4 is 5.19 Å². The Bertz CT molecular complexity index is 779. The van der Waals surface area contributed by atoms with E-state index in [1.54, 1.807) is 0 Å². The lowest BCUT2D eigenvalue weighted by atomic mass is 10.1. The Morgan fingerprint density at radius 3 is 2.42 bits per heavy atom. The highest BCUT2D eigenvalue weighted by Gasteiger charge is 2.25. The molecule has 0 aliphatic carbocycles. The smallest absolute Gasteiger partial charge is 0.0808 e. The SMILES string of the molecule is Cc1ncc2c(c1[Si](C)(C)C)c1ccccc1n2C. The van der Waals surface area contributed by atoms with E-state index in [0.717, 1.165) is 0 Å². The topological polar surface area (TPSA) is 17.8 Å². The van der Waals surface area contributed by atoms with E-state index in [1.165, 1.54) is 32.7 Å². The molecule has 0 saturated carbocycles. The minimum Gasteiger partial charge on any atom is -0.342 e. The highest BCUT2D eigenvalue weighted by atomic mass is 28.3. The predicted molar refractivity (Wildman–Crippen MR) is 85.9 cm³/mol. The number of hydrogen-bond acceptors (Lipinski definition) is 1. The van der Waals surface area contributed by atoms with Crippen LogP contribution in [0.25, 0.3) is 21.8 Å². The van der Waals surface area contributed by atoms with Gasteiger partial charge in [0.1, 0.15) is 0 Å². The van der Waals surface area contributed by atoms with E-state index in [4.69, 9.17) is 0 Å². The molecule has 0 bridgehead atoms. The van der Waals surface area contributed by atoms with Gasteiger partial charge >= 0.3 is 0 Å². The van der Waals surface area contributed by atoms with Crippen LogP contribution in [-0.2, 0) is 7.05 Å². The van der Waals surface area contributed by atoms with Crippen LogP contribution in [0.5, 0.6) is 0 Å². The minimum absolute atomic E-state index is 1.20. The van der Waals surface area contributed by atoms with Gasteiger partial charge in [-0.05, 0) is 18.2 Å². The van der Waals surface area contributed by atoms with Crippen molar-refractivity contribution in [2.45, 2.75) is 26.6 Å². The lowest BCUT2D eigenvalue weighted by molar-refractivity contribution is 1.01. The minimum atomic E-state index is -1.42. The molecule has 2 nitrogen and oxygen atoms in total. The lowest BCUT2D eigenvalue weighted by Gasteiger charge is -2.20. The summed E-state index contributed by atoms with van der Waals surface area (Å²) in [6.45, 7) is 9.35. The molecule has 0 spiro atoms. The maximum absolute atomic E-state index is 4.64. The number of aromatic nitrogens is 2. The van der Waals surface area contributed by atoms with Gasteiger partial charge in [0, 0.05) is 29.0 Å². The number of fused-ring (bicyclic) bond motifs is 3. The summed E-state index contributed by atoms with van der Waals surface area (Å²) in [4.78, 5) is 4.64. The van der Waals surface area contributed by atoms with Crippen LogP contribution in [0.15, 0.2) is 30.5 Å². The van der Waals surface area contributed by atoms with Gasteiger partial charge in [-0.15, -0.1) is 0 Å². The second-order valence-corrected chi connectivity index (χ2v) is 11.3. The van der Waals surface area contributed by atoms with Gasteiger partial charge in [-0.25, -0.2) is 0 Å². The highest BCUT2D eigenvalue weighted by molar-refractivity contribution is 6.91. The van der Waals surface area contributed by atoms with E-state index in [-0.39, 0.29) is 0 Å². The molecule has 0 aliphatic heterocycles. The largest absolute Gasteiger partial charge is 0.342 e. The second-order valence-electron chi connectivity index (χ2n) is 6.31. The zero-order chi connectivity index (χ0) is 13.8. The third-order valence-corrected chi connectivity index (χ3v) is 6.01. The summed E-state index contributed by atoms with van der Waals surface area (Å²) in [6, 6.07) is 8.67. The Labute approximate surface area is 115 Å². The first-order chi connectivity index (χ1) is 8.91. The first-order valence-electron chi connectivity index (χ1n) is 6.74. The fourth-order valence-electron chi connectivity index (χ4n) is 3.15. The molecule has 1 aromatic carbocycles. The predicted octanol–water partition coefficient (Wildman–Crippen LogP) is 3.58. The van der Waals surface area contributed by atoms with Crippen molar-refractivity contribution in [3.8, 4) is 0 Å². The van der Waals surface area contributed by atoms with E-state index in [2.05, 4.69) is 67.4 Å². The Kier molecular flexibility index (Phi) is 2.57. The molecule has 2 heterocycles. The molecule has 98 valence electrons. The summed E-state index contributed by atoms with van der Waals surface area (Å²) in [5, 5.41) is 4.29. The maximum Gasteiger partial charge on any atom is 0.0808 e. The maximum atomic E-state index is 4.64. The molecule has 0 atom stereocenters. The molecule has 0 fully saturated rings. The fraction of sp³-hybridized carbons (Fsp3) is 0.312. The first-order valence-corrected chi connectivity index (χ1v) is 10.2. The molecule has 0 saturated heterocycles. The number of pyridine rings is 1. The fourth-order valence-corrected chi connectivity index (χ4v) is 5.31. The third kappa shape index (κ3) is 1.72. The molecule has 0 aliphatic rings. The van der Waals surface area contributed by atoms with Crippen molar-refractivity contribution in [3.63, 3.8) is 0 Å². The van der Waals surface area contributed by atoms with Gasteiger partial charge in [0.25, 0.3) is 0 Å². The van der Waals surface area contributed by atoms with Gasteiger partial charge in [-0.3, -0.25) is 4.98 Å². The molecule has 3 aromatic rings. The van der Waals surface area contributed by atoms with Crippen molar-refractivity contribution in [2.24, 2.45) is 7.05 Å². The van der Waals surface area contributed by atoms with Crippen LogP contribution in [0.2, 0.25) is 19.6 Å². The standard InChI is InChI=1S/C16H20N2Si/c1-11-16(19(3,4)5)15-12-8-6-7-9-13(12)18(2)14(15)10-17-11/h6-10H,1-5H3. The van der Waals surface area contributed by atoms with Crippen molar-refractivity contribution >= 4 is 35.1 Å². The number of rotatable bonds is 1. The van der Waals surface area contributed by atoms with Crippen molar-refractivity contribution in [2.75, 3.05) is 0 Å². The van der Waals surface area contributed by atoms with E-state index >= 15 is 0 Å². The van der Waals surface area contributed by atoms with Crippen molar-refractivity contribution < 1.29 is 0 Å². The molecular formula is C16H20N2Si. The lowest BCUT2D eigenvalue weighted by Crippen LogP contribution is -2.40. The summed E-state index contributed by atoms with van der Waals surface area (Å²) in [5.74, 6) is 0. The normalized spacial score (nSPS) is 12.5. The Morgan fingerprint density at radius 1 is 1.05 bits per heavy atom. The number of nitrogens with zero attached hydrogens (tertiary/aromatic N) is 2. The molecule has 3 heteroatoms. The zero-order valence-corrected chi connectivity index (χ0v) is 13.3. The molecule has 3 rings (SSSR count). The summed E-state index contributed by atoms with van der Waals surface area (Å²) in [6.07, 6.45) is 2.02. The van der Waals surface area contributed by atoms with Crippen molar-refractivity contribution in [1.82, 2.24) is 9.55 Å². The number of benzene rings is 1. The zero-order valence-electron chi connectivity index (χ0n) is 12.3. The number of hydrogen-bond donors (Lipinski definition) is 0. The summed E-state index contributed by atoms with van der Waals surface area (Å²) < 4.78 is 2.26. The van der Waals surface area contributed by atoms with Gasteiger partial charge in [0.15, 0.2) is 0 Å². The molecule has 0 unspecified atom stereocenters. The van der Waals surface area contributed by atoms with Crippen molar-refractivity contribution in [3.05, 3.63) is 36.2 Å². The Balaban J connectivity index is 2.62.